The van der Waals surface area contributed by atoms with Crippen LogP contribution >= 0.6 is 0 Å². The second kappa shape index (κ2) is 10.2. The van der Waals surface area contributed by atoms with E-state index in [1.165, 1.54) is 4.68 Å². The molecule has 9 heteroatoms. The van der Waals surface area contributed by atoms with E-state index in [9.17, 15) is 4.79 Å². The normalized spacial score (nSPS) is 11.0. The van der Waals surface area contributed by atoms with Crippen LogP contribution in [0.3, 0.4) is 0 Å². The second-order valence-electron chi connectivity index (χ2n) is 4.17. The Morgan fingerprint density at radius 1 is 1.24 bits per heavy atom. The van der Waals surface area contributed by atoms with E-state index in [2.05, 4.69) is 10.3 Å². The van der Waals surface area contributed by atoms with Crippen molar-refractivity contribution < 1.29 is 24.1 Å². The van der Waals surface area contributed by atoms with Gasteiger partial charge in [0.15, 0.2) is 5.69 Å². The average molecular weight is 302 g/mol. The van der Waals surface area contributed by atoms with Gasteiger partial charge in [-0.15, -0.1) is 5.10 Å². The molecule has 1 aromatic rings. The number of nitrogens with two attached hydrogens (primary N) is 1. The van der Waals surface area contributed by atoms with Crippen molar-refractivity contribution in [2.24, 2.45) is 5.73 Å². The number of carboxylic acid groups (broad SMARTS) is 1. The Morgan fingerprint density at radius 3 is 2.52 bits per heavy atom. The van der Waals surface area contributed by atoms with Crippen molar-refractivity contribution in [2.75, 3.05) is 46.7 Å². The molecule has 0 unspecified atom stereocenters. The molecule has 1 rings (SSSR count). The number of methoxy groups -OCH3 is 1. The van der Waals surface area contributed by atoms with E-state index < -0.39 is 5.97 Å². The van der Waals surface area contributed by atoms with Crippen LogP contribution in [0.4, 0.5) is 0 Å². The molecule has 1 aromatic heterocycles. The van der Waals surface area contributed by atoms with Crippen molar-refractivity contribution >= 4 is 5.97 Å². The first-order chi connectivity index (χ1) is 10.2. The van der Waals surface area contributed by atoms with Gasteiger partial charge in [-0.05, 0) is 6.54 Å². The molecule has 9 nitrogen and oxygen atoms in total. The summed E-state index contributed by atoms with van der Waals surface area (Å²) >= 11 is 0. The summed E-state index contributed by atoms with van der Waals surface area (Å²) in [7, 11) is 1.61. The first-order valence-corrected chi connectivity index (χ1v) is 6.70. The number of hydrogen-bond acceptors (Lipinski definition) is 7. The molecule has 0 aliphatic carbocycles. The van der Waals surface area contributed by atoms with E-state index in [-0.39, 0.29) is 5.69 Å². The van der Waals surface area contributed by atoms with Crippen LogP contribution < -0.4 is 5.73 Å². The van der Waals surface area contributed by atoms with E-state index in [0.717, 1.165) is 0 Å². The summed E-state index contributed by atoms with van der Waals surface area (Å²) in [5, 5.41) is 16.5. The Balaban J connectivity index is 2.30. The minimum atomic E-state index is -1.10. The summed E-state index contributed by atoms with van der Waals surface area (Å²) in [5.74, 6) is -1.10. The van der Waals surface area contributed by atoms with Gasteiger partial charge in [0, 0.05) is 13.5 Å². The minimum Gasteiger partial charge on any atom is -0.476 e. The summed E-state index contributed by atoms with van der Waals surface area (Å²) in [4.78, 5) is 11.0. The highest BCUT2D eigenvalue weighted by atomic mass is 16.5. The van der Waals surface area contributed by atoms with Crippen molar-refractivity contribution in [1.82, 2.24) is 15.0 Å². The average Bonchev–Trinajstić information content (AvgIpc) is 2.85. The van der Waals surface area contributed by atoms with Crippen LogP contribution in [-0.2, 0) is 27.2 Å². The van der Waals surface area contributed by atoms with Gasteiger partial charge in [0.2, 0.25) is 0 Å². The predicted octanol–water partition coefficient (Wildman–Crippen LogP) is -0.843. The fraction of sp³-hybridized carbons (Fsp3) is 0.750. The van der Waals surface area contributed by atoms with Gasteiger partial charge in [0.05, 0.1) is 45.3 Å². The number of carbonyl (C=O) groups is 1. The van der Waals surface area contributed by atoms with Gasteiger partial charge in [-0.2, -0.15) is 0 Å². The molecule has 0 aromatic carbocycles. The monoisotopic (exact) mass is 302 g/mol. The van der Waals surface area contributed by atoms with E-state index in [4.69, 9.17) is 25.1 Å². The van der Waals surface area contributed by atoms with Crippen LogP contribution in [0.15, 0.2) is 0 Å². The number of rotatable bonds is 12. The Bertz CT molecular complexity index is 424. The molecule has 0 fully saturated rings. The molecule has 3 N–H and O–H groups in total. The third kappa shape index (κ3) is 6.17. The maximum absolute atomic E-state index is 11.0. The van der Waals surface area contributed by atoms with Crippen molar-refractivity contribution in [3.8, 4) is 0 Å². The summed E-state index contributed by atoms with van der Waals surface area (Å²) < 4.78 is 17.0. The Hall–Kier alpha value is -1.55. The van der Waals surface area contributed by atoms with Crippen LogP contribution in [-0.4, -0.2) is 72.8 Å². The molecule has 120 valence electrons. The van der Waals surface area contributed by atoms with E-state index >= 15 is 0 Å². The molecule has 0 atom stereocenters. The lowest BCUT2D eigenvalue weighted by Crippen LogP contribution is -2.17. The topological polar surface area (TPSA) is 122 Å². The molecule has 0 aliphatic heterocycles. The molecule has 0 bridgehead atoms. The first kappa shape index (κ1) is 17.5. The zero-order valence-corrected chi connectivity index (χ0v) is 12.2. The largest absolute Gasteiger partial charge is 0.476 e. The number of ether oxygens (including phenoxy) is 3. The zero-order chi connectivity index (χ0) is 15.5. The molecular formula is C12H22N4O5. The quantitative estimate of drug-likeness (QED) is 0.479. The Morgan fingerprint density at radius 2 is 1.90 bits per heavy atom. The predicted molar refractivity (Wildman–Crippen MR) is 73.3 cm³/mol. The van der Waals surface area contributed by atoms with Crippen molar-refractivity contribution in [3.63, 3.8) is 0 Å². The highest BCUT2D eigenvalue weighted by Gasteiger charge is 2.17. The lowest BCUT2D eigenvalue weighted by molar-refractivity contribution is 0.0223. The van der Waals surface area contributed by atoms with Crippen LogP contribution in [0, 0.1) is 0 Å². The third-order valence-electron chi connectivity index (χ3n) is 2.67. The molecule has 0 amide bonds. The molecule has 0 aliphatic rings. The molecule has 0 spiro atoms. The third-order valence-corrected chi connectivity index (χ3v) is 2.67. The zero-order valence-electron chi connectivity index (χ0n) is 12.2. The smallest absolute Gasteiger partial charge is 0.358 e. The lowest BCUT2D eigenvalue weighted by atomic mass is 10.2. The van der Waals surface area contributed by atoms with Gasteiger partial charge < -0.3 is 25.1 Å². The van der Waals surface area contributed by atoms with E-state index in [1.807, 2.05) is 0 Å². The van der Waals surface area contributed by atoms with Gasteiger partial charge in [0.1, 0.15) is 0 Å². The summed E-state index contributed by atoms with van der Waals surface area (Å²) in [6, 6.07) is 0. The fourth-order valence-electron chi connectivity index (χ4n) is 1.68. The number of hydrogen-bond donors (Lipinski definition) is 2. The Kier molecular flexibility index (Phi) is 8.51. The van der Waals surface area contributed by atoms with Crippen molar-refractivity contribution in [2.45, 2.75) is 13.0 Å². The van der Waals surface area contributed by atoms with Crippen LogP contribution in [0.1, 0.15) is 16.2 Å². The van der Waals surface area contributed by atoms with Crippen LogP contribution in [0.25, 0.3) is 0 Å². The molecule has 1 heterocycles. The van der Waals surface area contributed by atoms with Crippen molar-refractivity contribution in [3.05, 3.63) is 11.4 Å². The number of aromatic nitrogens is 3. The van der Waals surface area contributed by atoms with Gasteiger partial charge in [-0.25, -0.2) is 9.48 Å². The number of carboxylic acids is 1. The SMILES string of the molecule is COCCOCCOCCn1nnc(C(=O)O)c1CCN. The Labute approximate surface area is 123 Å². The molecule has 0 radical (unpaired) electrons. The standard InChI is InChI=1S/C12H22N4O5/c1-19-6-7-21-9-8-20-5-4-16-10(2-3-13)11(12(17)18)14-15-16/h2-9,13H2,1H3,(H,17,18). The summed E-state index contributed by atoms with van der Waals surface area (Å²) in [6.07, 6.45) is 0.411. The summed E-state index contributed by atoms with van der Waals surface area (Å²) in [6.45, 7) is 3.18. The molecule has 21 heavy (non-hydrogen) atoms. The lowest BCUT2D eigenvalue weighted by Gasteiger charge is -2.07. The highest BCUT2D eigenvalue weighted by Crippen LogP contribution is 2.06. The van der Waals surface area contributed by atoms with Crippen LogP contribution in [0.5, 0.6) is 0 Å². The van der Waals surface area contributed by atoms with E-state index in [0.29, 0.717) is 58.2 Å². The number of nitrogens with zero attached hydrogens (tertiary/aromatic N) is 3. The second-order valence-corrected chi connectivity index (χ2v) is 4.17. The van der Waals surface area contributed by atoms with E-state index in [1.54, 1.807) is 7.11 Å². The summed E-state index contributed by atoms with van der Waals surface area (Å²) in [5.41, 5.74) is 5.94. The van der Waals surface area contributed by atoms with Gasteiger partial charge in [-0.1, -0.05) is 5.21 Å². The van der Waals surface area contributed by atoms with Crippen LogP contribution in [0.2, 0.25) is 0 Å². The molecular weight excluding hydrogens is 280 g/mol. The molecule has 0 saturated carbocycles. The number of aromatic carboxylic acids is 1. The highest BCUT2D eigenvalue weighted by molar-refractivity contribution is 5.86. The van der Waals surface area contributed by atoms with Gasteiger partial charge in [0.25, 0.3) is 0 Å². The first-order valence-electron chi connectivity index (χ1n) is 6.70. The van der Waals surface area contributed by atoms with Gasteiger partial charge in [-0.3, -0.25) is 0 Å². The fourth-order valence-corrected chi connectivity index (χ4v) is 1.68. The molecule has 0 saturated heterocycles. The minimum absolute atomic E-state index is 0.0525. The maximum atomic E-state index is 11.0. The van der Waals surface area contributed by atoms with Gasteiger partial charge >= 0.3 is 5.97 Å². The maximum Gasteiger partial charge on any atom is 0.358 e. The van der Waals surface area contributed by atoms with Crippen molar-refractivity contribution in [1.29, 1.82) is 0 Å².